The highest BCUT2D eigenvalue weighted by atomic mass is 15.2. The molecular formula is C19H32N4. The molecule has 3 rings (SSSR count). The topological polar surface area (TPSA) is 39.3 Å². The van der Waals surface area contributed by atoms with Crippen LogP contribution in [0.1, 0.15) is 30.9 Å². The summed E-state index contributed by atoms with van der Waals surface area (Å²) < 4.78 is 0. The molecule has 0 bridgehead atoms. The van der Waals surface area contributed by atoms with Gasteiger partial charge in [-0.05, 0) is 36.6 Å². The number of piperidine rings is 1. The molecule has 0 amide bonds. The Balaban J connectivity index is 1.47. The first-order chi connectivity index (χ1) is 11.3. The van der Waals surface area contributed by atoms with Crippen LogP contribution in [0.5, 0.6) is 0 Å². The van der Waals surface area contributed by atoms with E-state index >= 15 is 0 Å². The van der Waals surface area contributed by atoms with Crippen LogP contribution in [0.3, 0.4) is 0 Å². The molecule has 4 nitrogen and oxygen atoms in total. The van der Waals surface area contributed by atoms with Gasteiger partial charge in [-0.25, -0.2) is 0 Å². The lowest BCUT2D eigenvalue weighted by Gasteiger charge is -2.32. The van der Waals surface area contributed by atoms with E-state index in [1.807, 2.05) is 0 Å². The fraction of sp³-hybridized carbons (Fsp3) is 0.684. The molecule has 0 aliphatic carbocycles. The molecule has 3 N–H and O–H groups in total. The molecule has 2 aliphatic rings. The van der Waals surface area contributed by atoms with E-state index in [4.69, 9.17) is 0 Å². The van der Waals surface area contributed by atoms with Crippen molar-refractivity contribution in [1.29, 1.82) is 0 Å². The molecule has 0 radical (unpaired) electrons. The Kier molecular flexibility index (Phi) is 6.46. The summed E-state index contributed by atoms with van der Waals surface area (Å²) in [6.07, 6.45) is 2.51. The summed E-state index contributed by atoms with van der Waals surface area (Å²) in [5.74, 6) is 0.774. The van der Waals surface area contributed by atoms with E-state index in [2.05, 4.69) is 52.0 Å². The van der Waals surface area contributed by atoms with Gasteiger partial charge >= 0.3 is 0 Å². The summed E-state index contributed by atoms with van der Waals surface area (Å²) in [6, 6.07) is 9.87. The lowest BCUT2D eigenvalue weighted by atomic mass is 9.91. The van der Waals surface area contributed by atoms with Gasteiger partial charge < -0.3 is 16.0 Å². The van der Waals surface area contributed by atoms with Crippen LogP contribution in [0.25, 0.3) is 0 Å². The Morgan fingerprint density at radius 2 is 1.78 bits per heavy atom. The first-order valence-corrected chi connectivity index (χ1v) is 9.30. The second-order valence-electron chi connectivity index (χ2n) is 6.99. The van der Waals surface area contributed by atoms with Gasteiger partial charge in [-0.1, -0.05) is 37.6 Å². The molecule has 4 heteroatoms. The number of hydrogen-bond donors (Lipinski definition) is 3. The van der Waals surface area contributed by atoms with Crippen LogP contribution < -0.4 is 16.0 Å². The van der Waals surface area contributed by atoms with Crippen molar-refractivity contribution in [3.05, 3.63) is 35.4 Å². The van der Waals surface area contributed by atoms with Crippen LogP contribution >= 0.6 is 0 Å². The molecule has 2 heterocycles. The molecule has 128 valence electrons. The molecule has 2 atom stereocenters. The fourth-order valence-electron chi connectivity index (χ4n) is 3.76. The Morgan fingerprint density at radius 1 is 1.04 bits per heavy atom. The number of benzene rings is 1. The smallest absolute Gasteiger partial charge is 0.0234 e. The summed E-state index contributed by atoms with van der Waals surface area (Å²) in [6.45, 7) is 11.3. The van der Waals surface area contributed by atoms with Gasteiger partial charge in [0.15, 0.2) is 0 Å². The lowest BCUT2D eigenvalue weighted by Crippen LogP contribution is -2.47. The Morgan fingerprint density at radius 3 is 2.52 bits per heavy atom. The van der Waals surface area contributed by atoms with Crippen molar-refractivity contribution in [3.63, 3.8) is 0 Å². The molecule has 2 fully saturated rings. The number of hydrogen-bond acceptors (Lipinski definition) is 4. The lowest BCUT2D eigenvalue weighted by molar-refractivity contribution is 0.233. The van der Waals surface area contributed by atoms with Crippen molar-refractivity contribution in [2.24, 2.45) is 5.92 Å². The maximum atomic E-state index is 3.78. The highest BCUT2D eigenvalue weighted by Crippen LogP contribution is 2.16. The van der Waals surface area contributed by atoms with E-state index in [-0.39, 0.29) is 0 Å². The third kappa shape index (κ3) is 5.01. The molecule has 0 aromatic heterocycles. The number of piperazine rings is 1. The molecule has 2 saturated heterocycles. The molecule has 2 aliphatic heterocycles. The van der Waals surface area contributed by atoms with E-state index in [0.29, 0.717) is 6.04 Å². The third-order valence-corrected chi connectivity index (χ3v) is 5.34. The normalized spacial score (nSPS) is 26.3. The van der Waals surface area contributed by atoms with Crippen molar-refractivity contribution < 1.29 is 0 Å². The fourth-order valence-corrected chi connectivity index (χ4v) is 3.76. The average Bonchev–Trinajstić information content (AvgIpc) is 2.62. The summed E-state index contributed by atoms with van der Waals surface area (Å²) in [7, 11) is 0. The van der Waals surface area contributed by atoms with Crippen LogP contribution in [0.15, 0.2) is 24.3 Å². The predicted molar refractivity (Wildman–Crippen MR) is 96.5 cm³/mol. The number of rotatable bonds is 6. The first-order valence-electron chi connectivity index (χ1n) is 9.30. The first kappa shape index (κ1) is 16.9. The van der Waals surface area contributed by atoms with Gasteiger partial charge in [0.2, 0.25) is 0 Å². The van der Waals surface area contributed by atoms with Crippen LogP contribution in [-0.2, 0) is 13.1 Å². The highest BCUT2D eigenvalue weighted by molar-refractivity contribution is 5.22. The van der Waals surface area contributed by atoms with Crippen molar-refractivity contribution in [2.45, 2.75) is 38.9 Å². The summed E-state index contributed by atoms with van der Waals surface area (Å²) in [4.78, 5) is 2.53. The Hall–Kier alpha value is -0.940. The largest absolute Gasteiger partial charge is 0.316 e. The molecule has 2 unspecified atom stereocenters. The summed E-state index contributed by atoms with van der Waals surface area (Å²) in [5.41, 5.74) is 2.84. The van der Waals surface area contributed by atoms with E-state index < -0.39 is 0 Å². The molecule has 0 spiro atoms. The van der Waals surface area contributed by atoms with Crippen molar-refractivity contribution in [3.8, 4) is 0 Å². The summed E-state index contributed by atoms with van der Waals surface area (Å²) in [5, 5.41) is 10.7. The van der Waals surface area contributed by atoms with Crippen molar-refractivity contribution in [2.75, 3.05) is 39.3 Å². The molecule has 23 heavy (non-hydrogen) atoms. The van der Waals surface area contributed by atoms with Gasteiger partial charge in [0.25, 0.3) is 0 Å². The van der Waals surface area contributed by atoms with Crippen molar-refractivity contribution >= 4 is 0 Å². The average molecular weight is 316 g/mol. The van der Waals surface area contributed by atoms with Crippen molar-refractivity contribution in [1.82, 2.24) is 20.9 Å². The van der Waals surface area contributed by atoms with Gasteiger partial charge in [0, 0.05) is 45.3 Å². The quantitative estimate of drug-likeness (QED) is 0.745. The SMILES string of the molecule is CCC1CNCCC1NCc1ccc(CN2CCNCC2)cc1. The minimum absolute atomic E-state index is 0.668. The van der Waals surface area contributed by atoms with E-state index in [0.717, 1.165) is 58.3 Å². The van der Waals surface area contributed by atoms with Crippen LogP contribution in [0.4, 0.5) is 0 Å². The maximum Gasteiger partial charge on any atom is 0.0234 e. The Labute approximate surface area is 141 Å². The second-order valence-corrected chi connectivity index (χ2v) is 6.99. The van der Waals surface area contributed by atoms with Crippen LogP contribution in [0, 0.1) is 5.92 Å². The van der Waals surface area contributed by atoms with E-state index in [1.54, 1.807) is 0 Å². The number of nitrogens with zero attached hydrogens (tertiary/aromatic N) is 1. The molecular weight excluding hydrogens is 284 g/mol. The third-order valence-electron chi connectivity index (χ3n) is 5.34. The number of nitrogens with one attached hydrogen (secondary N) is 3. The van der Waals surface area contributed by atoms with Gasteiger partial charge in [0.05, 0.1) is 0 Å². The predicted octanol–water partition coefficient (Wildman–Crippen LogP) is 1.57. The standard InChI is InChI=1S/C19H32N4/c1-2-18-14-21-8-7-19(18)22-13-16-3-5-17(6-4-16)15-23-11-9-20-10-12-23/h3-6,18-22H,2,7-15H2,1H3. The maximum absolute atomic E-state index is 3.78. The van der Waals surface area contributed by atoms with Gasteiger partial charge in [-0.2, -0.15) is 0 Å². The van der Waals surface area contributed by atoms with E-state index in [1.165, 1.54) is 24.0 Å². The Bertz CT molecular complexity index is 453. The summed E-state index contributed by atoms with van der Waals surface area (Å²) >= 11 is 0. The highest BCUT2D eigenvalue weighted by Gasteiger charge is 2.22. The molecule has 1 aromatic rings. The van der Waals surface area contributed by atoms with Gasteiger partial charge in [-0.3, -0.25) is 4.90 Å². The van der Waals surface area contributed by atoms with Gasteiger partial charge in [0.1, 0.15) is 0 Å². The zero-order chi connectivity index (χ0) is 15.9. The zero-order valence-electron chi connectivity index (χ0n) is 14.5. The minimum Gasteiger partial charge on any atom is -0.316 e. The second kappa shape index (κ2) is 8.78. The van der Waals surface area contributed by atoms with E-state index in [9.17, 15) is 0 Å². The minimum atomic E-state index is 0.668. The zero-order valence-corrected chi connectivity index (χ0v) is 14.5. The van der Waals surface area contributed by atoms with Crippen LogP contribution in [-0.4, -0.2) is 50.2 Å². The molecule has 0 saturated carbocycles. The molecule has 1 aromatic carbocycles. The van der Waals surface area contributed by atoms with Gasteiger partial charge in [-0.15, -0.1) is 0 Å². The van der Waals surface area contributed by atoms with Crippen LogP contribution in [0.2, 0.25) is 0 Å². The monoisotopic (exact) mass is 316 g/mol.